The highest BCUT2D eigenvalue weighted by Gasteiger charge is 2.17. The van der Waals surface area contributed by atoms with E-state index >= 15 is 0 Å². The van der Waals surface area contributed by atoms with E-state index in [4.69, 9.17) is 4.74 Å². The van der Waals surface area contributed by atoms with Crippen LogP contribution in [0.15, 0.2) is 28.1 Å². The Kier molecular flexibility index (Phi) is 5.77. The average Bonchev–Trinajstić information content (AvgIpc) is 3.05. The number of hydrogen-bond donors (Lipinski definition) is 1. The molecule has 0 radical (unpaired) electrons. The third-order valence-electron chi connectivity index (χ3n) is 2.92. The summed E-state index contributed by atoms with van der Waals surface area (Å²) in [5.41, 5.74) is 0. The lowest BCUT2D eigenvalue weighted by Crippen LogP contribution is -2.23. The van der Waals surface area contributed by atoms with Gasteiger partial charge in [-0.2, -0.15) is 0 Å². The van der Waals surface area contributed by atoms with E-state index in [2.05, 4.69) is 34.2 Å². The van der Waals surface area contributed by atoms with Crippen molar-refractivity contribution in [2.45, 2.75) is 25.9 Å². The lowest BCUT2D eigenvalue weighted by atomic mass is 10.1. The summed E-state index contributed by atoms with van der Waals surface area (Å²) in [7, 11) is 1.42. The van der Waals surface area contributed by atoms with Crippen LogP contribution in [-0.4, -0.2) is 13.1 Å². The van der Waals surface area contributed by atoms with E-state index in [1.54, 1.807) is 22.7 Å². The van der Waals surface area contributed by atoms with Crippen molar-refractivity contribution in [2.75, 3.05) is 7.11 Å². The Balaban J connectivity index is 2.02. The number of methoxy groups -OCH3 is 1. The fourth-order valence-electron chi connectivity index (χ4n) is 1.84. The molecule has 6 heteroatoms. The van der Waals surface area contributed by atoms with Crippen molar-refractivity contribution >= 4 is 44.6 Å². The van der Waals surface area contributed by atoms with E-state index < -0.39 is 0 Å². The van der Waals surface area contributed by atoms with Gasteiger partial charge in [-0.25, -0.2) is 0 Å². The lowest BCUT2D eigenvalue weighted by Gasteiger charge is -2.15. The summed E-state index contributed by atoms with van der Waals surface area (Å²) in [5.74, 6) is -0.195. The molecule has 0 fully saturated rings. The van der Waals surface area contributed by atoms with E-state index in [1.165, 1.54) is 16.9 Å². The Morgan fingerprint density at radius 1 is 1.55 bits per heavy atom. The maximum Gasteiger partial charge on any atom is 0.307 e. The van der Waals surface area contributed by atoms with Gasteiger partial charge in [0.1, 0.15) is 0 Å². The molecule has 2 aromatic heterocycles. The van der Waals surface area contributed by atoms with Gasteiger partial charge < -0.3 is 10.1 Å². The van der Waals surface area contributed by atoms with Gasteiger partial charge in [-0.1, -0.05) is 6.07 Å². The van der Waals surface area contributed by atoms with Crippen molar-refractivity contribution < 1.29 is 9.53 Å². The minimum atomic E-state index is -0.195. The molecule has 0 saturated carbocycles. The summed E-state index contributed by atoms with van der Waals surface area (Å²) in [5, 5.41) is 5.46. The van der Waals surface area contributed by atoms with Gasteiger partial charge in [-0.3, -0.25) is 4.79 Å². The van der Waals surface area contributed by atoms with Crippen LogP contribution in [0.5, 0.6) is 0 Å². The lowest BCUT2D eigenvalue weighted by molar-refractivity contribution is -0.141. The molecule has 2 aromatic rings. The van der Waals surface area contributed by atoms with Crippen molar-refractivity contribution in [3.05, 3.63) is 42.7 Å². The van der Waals surface area contributed by atoms with Gasteiger partial charge in [0.2, 0.25) is 0 Å². The van der Waals surface area contributed by atoms with E-state index in [0.717, 1.165) is 15.9 Å². The minimum Gasteiger partial charge on any atom is -0.469 e. The van der Waals surface area contributed by atoms with Gasteiger partial charge >= 0.3 is 5.97 Å². The highest BCUT2D eigenvalue weighted by molar-refractivity contribution is 9.10. The van der Waals surface area contributed by atoms with Crippen molar-refractivity contribution in [3.63, 3.8) is 0 Å². The molecule has 0 aromatic carbocycles. The number of carbonyl (C=O) groups is 1. The summed E-state index contributed by atoms with van der Waals surface area (Å²) in [6.07, 6.45) is 0.350. The first-order chi connectivity index (χ1) is 9.60. The van der Waals surface area contributed by atoms with Gasteiger partial charge in [0.25, 0.3) is 0 Å². The van der Waals surface area contributed by atoms with Crippen molar-refractivity contribution in [3.8, 4) is 0 Å². The zero-order valence-corrected chi connectivity index (χ0v) is 14.5. The number of ether oxygens (including phenoxy) is 1. The molecule has 0 spiro atoms. The fraction of sp³-hybridized carbons (Fsp3) is 0.357. The number of thiophene rings is 2. The molecule has 20 heavy (non-hydrogen) atoms. The van der Waals surface area contributed by atoms with Crippen LogP contribution < -0.4 is 5.32 Å². The first-order valence-electron chi connectivity index (χ1n) is 6.18. The summed E-state index contributed by atoms with van der Waals surface area (Å²) < 4.78 is 5.91. The van der Waals surface area contributed by atoms with Gasteiger partial charge in [-0.15, -0.1) is 22.7 Å². The Labute approximate surface area is 135 Å². The molecule has 0 aliphatic heterocycles. The van der Waals surface area contributed by atoms with Gasteiger partial charge in [0.05, 0.1) is 19.6 Å². The van der Waals surface area contributed by atoms with Crippen molar-refractivity contribution in [2.24, 2.45) is 0 Å². The molecule has 0 aliphatic carbocycles. The fourth-order valence-corrected chi connectivity index (χ4v) is 4.20. The largest absolute Gasteiger partial charge is 0.469 e. The topological polar surface area (TPSA) is 38.3 Å². The highest BCUT2D eigenvalue weighted by atomic mass is 79.9. The number of rotatable bonds is 6. The number of hydrogen-bond acceptors (Lipinski definition) is 5. The van der Waals surface area contributed by atoms with Crippen LogP contribution in [0.4, 0.5) is 0 Å². The summed E-state index contributed by atoms with van der Waals surface area (Å²) in [6.45, 7) is 2.83. The molecule has 2 heterocycles. The molecular formula is C14H16BrNO2S2. The maximum atomic E-state index is 11.5. The Morgan fingerprint density at radius 3 is 2.90 bits per heavy atom. The molecule has 0 saturated heterocycles. The van der Waals surface area contributed by atoms with E-state index in [1.807, 2.05) is 17.5 Å². The molecular weight excluding hydrogens is 358 g/mol. The molecule has 108 valence electrons. The van der Waals surface area contributed by atoms with Crippen LogP contribution >= 0.6 is 38.6 Å². The average molecular weight is 374 g/mol. The van der Waals surface area contributed by atoms with Crippen molar-refractivity contribution in [1.82, 2.24) is 5.32 Å². The third-order valence-corrected chi connectivity index (χ3v) is 6.04. The predicted molar refractivity (Wildman–Crippen MR) is 87.3 cm³/mol. The Morgan fingerprint density at radius 2 is 2.35 bits per heavy atom. The zero-order chi connectivity index (χ0) is 14.5. The van der Waals surface area contributed by atoms with E-state index in [0.29, 0.717) is 6.42 Å². The second-order valence-electron chi connectivity index (χ2n) is 4.35. The zero-order valence-electron chi connectivity index (χ0n) is 11.3. The highest BCUT2D eigenvalue weighted by Crippen LogP contribution is 2.28. The normalized spacial score (nSPS) is 12.3. The molecule has 1 N–H and O–H groups in total. The van der Waals surface area contributed by atoms with E-state index in [9.17, 15) is 4.79 Å². The SMILES string of the molecule is COC(=O)CC(NCc1cc(Br)c(C)s1)c1cccs1. The van der Waals surface area contributed by atoms with E-state index in [-0.39, 0.29) is 12.0 Å². The third kappa shape index (κ3) is 4.15. The van der Waals surface area contributed by atoms with Crippen LogP contribution in [0.1, 0.15) is 27.1 Å². The van der Waals surface area contributed by atoms with Gasteiger partial charge in [-0.05, 0) is 40.4 Å². The number of aryl methyl sites for hydroxylation is 1. The molecule has 1 atom stereocenters. The molecule has 0 aliphatic rings. The predicted octanol–water partition coefficient (Wildman–Crippen LogP) is 4.27. The first-order valence-corrected chi connectivity index (χ1v) is 8.67. The monoisotopic (exact) mass is 373 g/mol. The summed E-state index contributed by atoms with van der Waals surface area (Å²) >= 11 is 6.93. The summed E-state index contributed by atoms with van der Waals surface area (Å²) in [4.78, 5) is 15.2. The molecule has 2 rings (SSSR count). The Bertz CT molecular complexity index is 546. The number of nitrogens with one attached hydrogen (secondary N) is 1. The second-order valence-corrected chi connectivity index (χ2v) is 7.52. The first kappa shape index (κ1) is 15.7. The van der Waals surface area contributed by atoms with Crippen LogP contribution in [-0.2, 0) is 16.1 Å². The minimum absolute atomic E-state index is 0.00336. The van der Waals surface area contributed by atoms with Crippen molar-refractivity contribution in [1.29, 1.82) is 0 Å². The number of carbonyl (C=O) groups excluding carboxylic acids is 1. The summed E-state index contributed by atoms with van der Waals surface area (Å²) in [6, 6.07) is 6.17. The molecule has 3 nitrogen and oxygen atoms in total. The van der Waals surface area contributed by atoms with Gasteiger partial charge in [0.15, 0.2) is 0 Å². The van der Waals surface area contributed by atoms with Crippen LogP contribution in [0.25, 0.3) is 0 Å². The quantitative estimate of drug-likeness (QED) is 0.768. The van der Waals surface area contributed by atoms with Gasteiger partial charge in [0, 0.05) is 25.6 Å². The number of halogens is 1. The molecule has 0 amide bonds. The Hall–Kier alpha value is -0.690. The second kappa shape index (κ2) is 7.36. The molecule has 1 unspecified atom stereocenters. The smallest absolute Gasteiger partial charge is 0.307 e. The van der Waals surface area contributed by atoms with Crippen LogP contribution in [0, 0.1) is 6.92 Å². The number of esters is 1. The van der Waals surface area contributed by atoms with Crippen LogP contribution in [0.2, 0.25) is 0 Å². The standard InChI is InChI=1S/C14H16BrNO2S2/c1-9-11(15)6-10(20-9)8-16-12(7-14(17)18-2)13-4-3-5-19-13/h3-6,12,16H,7-8H2,1-2H3. The maximum absolute atomic E-state index is 11.5. The molecule has 0 bridgehead atoms. The van der Waals surface area contributed by atoms with Crippen LogP contribution in [0.3, 0.4) is 0 Å².